The molecular weight excluding hydrogens is 200 g/mol. The van der Waals surface area contributed by atoms with E-state index in [0.29, 0.717) is 11.3 Å². The maximum atomic E-state index is 9.00. The second kappa shape index (κ2) is 3.74. The van der Waals surface area contributed by atoms with Crippen molar-refractivity contribution in [1.82, 2.24) is 0 Å². The number of hydrogen-bond donors (Lipinski definition) is 1. The highest BCUT2D eigenvalue weighted by atomic mass is 16.5. The number of benzene rings is 2. The summed E-state index contributed by atoms with van der Waals surface area (Å²) in [6.45, 7) is 1.88. The zero-order chi connectivity index (χ0) is 11.7. The third-order valence-electron chi connectivity index (χ3n) is 2.70. The number of anilines is 1. The smallest absolute Gasteiger partial charge is 0.119 e. The Morgan fingerprint density at radius 2 is 2.06 bits per heavy atom. The van der Waals surface area contributed by atoms with Crippen LogP contribution in [0.1, 0.15) is 11.1 Å². The van der Waals surface area contributed by atoms with Crippen LogP contribution in [0.5, 0.6) is 5.75 Å². The quantitative estimate of drug-likeness (QED) is 0.739. The minimum absolute atomic E-state index is 0.542. The second-order valence-electron chi connectivity index (χ2n) is 3.68. The van der Waals surface area contributed by atoms with Crippen LogP contribution in [0.15, 0.2) is 24.3 Å². The molecule has 0 saturated heterocycles. The summed E-state index contributed by atoms with van der Waals surface area (Å²) in [5, 5.41) is 10.9. The van der Waals surface area contributed by atoms with Gasteiger partial charge in [-0.15, -0.1) is 0 Å². The number of nitrogens with zero attached hydrogens (tertiary/aromatic N) is 1. The highest BCUT2D eigenvalue weighted by Crippen LogP contribution is 2.30. The third kappa shape index (κ3) is 1.45. The van der Waals surface area contributed by atoms with Crippen LogP contribution < -0.4 is 10.5 Å². The summed E-state index contributed by atoms with van der Waals surface area (Å²) in [4.78, 5) is 0. The average Bonchev–Trinajstić information content (AvgIpc) is 2.28. The molecule has 0 amide bonds. The van der Waals surface area contributed by atoms with Gasteiger partial charge in [-0.25, -0.2) is 0 Å². The van der Waals surface area contributed by atoms with E-state index >= 15 is 0 Å². The van der Waals surface area contributed by atoms with E-state index in [1.807, 2.05) is 31.2 Å². The first-order chi connectivity index (χ1) is 7.67. The molecule has 0 spiro atoms. The molecule has 2 aromatic carbocycles. The van der Waals surface area contributed by atoms with Gasteiger partial charge in [0.2, 0.25) is 0 Å². The van der Waals surface area contributed by atoms with Crippen molar-refractivity contribution in [3.63, 3.8) is 0 Å². The molecule has 0 bridgehead atoms. The summed E-state index contributed by atoms with van der Waals surface area (Å²) in [6.07, 6.45) is 0. The minimum Gasteiger partial charge on any atom is -0.497 e. The average molecular weight is 212 g/mol. The van der Waals surface area contributed by atoms with Gasteiger partial charge in [-0.05, 0) is 42.1 Å². The highest BCUT2D eigenvalue weighted by Gasteiger charge is 2.08. The van der Waals surface area contributed by atoms with E-state index in [1.54, 1.807) is 7.11 Å². The summed E-state index contributed by atoms with van der Waals surface area (Å²) in [5.74, 6) is 0.788. The van der Waals surface area contributed by atoms with Crippen LogP contribution in [0, 0.1) is 18.3 Å². The molecule has 0 aliphatic heterocycles. The molecule has 16 heavy (non-hydrogen) atoms. The first-order valence-corrected chi connectivity index (χ1v) is 4.94. The lowest BCUT2D eigenvalue weighted by Gasteiger charge is -2.08. The van der Waals surface area contributed by atoms with Crippen LogP contribution >= 0.6 is 0 Å². The molecule has 0 unspecified atom stereocenters. The van der Waals surface area contributed by atoms with Crippen LogP contribution in [0.2, 0.25) is 0 Å². The molecule has 0 radical (unpaired) electrons. The van der Waals surface area contributed by atoms with Crippen molar-refractivity contribution in [3.8, 4) is 11.8 Å². The monoisotopic (exact) mass is 212 g/mol. The van der Waals surface area contributed by atoms with Gasteiger partial charge in [0.05, 0.1) is 18.4 Å². The summed E-state index contributed by atoms with van der Waals surface area (Å²) in [5.41, 5.74) is 7.94. The predicted molar refractivity (Wildman–Crippen MR) is 64.4 cm³/mol. The number of nitrogen functional groups attached to an aromatic ring is 1. The Morgan fingerprint density at radius 3 is 2.69 bits per heavy atom. The number of ether oxygens (including phenoxy) is 1. The molecular formula is C13H12N2O. The second-order valence-corrected chi connectivity index (χ2v) is 3.68. The van der Waals surface area contributed by atoms with Crippen molar-refractivity contribution in [2.45, 2.75) is 6.92 Å². The maximum Gasteiger partial charge on any atom is 0.119 e. The van der Waals surface area contributed by atoms with Crippen molar-refractivity contribution in [2.24, 2.45) is 0 Å². The number of methoxy groups -OCH3 is 1. The normalized spacial score (nSPS) is 10.1. The lowest BCUT2D eigenvalue weighted by Crippen LogP contribution is -1.95. The first-order valence-electron chi connectivity index (χ1n) is 4.94. The van der Waals surface area contributed by atoms with Crippen molar-refractivity contribution in [2.75, 3.05) is 12.8 Å². The van der Waals surface area contributed by atoms with Crippen LogP contribution in [0.4, 0.5) is 5.69 Å². The first kappa shape index (κ1) is 10.3. The van der Waals surface area contributed by atoms with Crippen LogP contribution in [0.3, 0.4) is 0 Å². The minimum atomic E-state index is 0.542. The van der Waals surface area contributed by atoms with Gasteiger partial charge < -0.3 is 10.5 Å². The van der Waals surface area contributed by atoms with E-state index in [0.717, 1.165) is 22.1 Å². The molecule has 0 aromatic heterocycles. The Bertz CT molecular complexity index is 597. The fraction of sp³-hybridized carbons (Fsp3) is 0.154. The van der Waals surface area contributed by atoms with Gasteiger partial charge in [0.15, 0.2) is 0 Å². The van der Waals surface area contributed by atoms with E-state index in [1.165, 1.54) is 0 Å². The largest absolute Gasteiger partial charge is 0.497 e. The van der Waals surface area contributed by atoms with Crippen molar-refractivity contribution in [3.05, 3.63) is 35.4 Å². The highest BCUT2D eigenvalue weighted by molar-refractivity contribution is 5.97. The lowest BCUT2D eigenvalue weighted by molar-refractivity contribution is 0.415. The van der Waals surface area contributed by atoms with E-state index in [-0.39, 0.29) is 0 Å². The van der Waals surface area contributed by atoms with E-state index < -0.39 is 0 Å². The SMILES string of the molecule is COc1ccc2c(N)c(C#N)c(C)cc2c1. The standard InChI is InChI=1S/C13H12N2O/c1-8-5-9-6-10(16-2)3-4-11(9)13(15)12(8)7-14/h3-6H,15H2,1-2H3. The third-order valence-corrected chi connectivity index (χ3v) is 2.70. The number of aryl methyl sites for hydroxylation is 1. The fourth-order valence-corrected chi connectivity index (χ4v) is 1.83. The molecule has 2 N–H and O–H groups in total. The van der Waals surface area contributed by atoms with Crippen molar-refractivity contribution in [1.29, 1.82) is 5.26 Å². The Morgan fingerprint density at radius 1 is 1.31 bits per heavy atom. The lowest BCUT2D eigenvalue weighted by atomic mass is 10.00. The molecule has 3 nitrogen and oxygen atoms in total. The Balaban J connectivity index is 2.83. The van der Waals surface area contributed by atoms with Gasteiger partial charge in [0.1, 0.15) is 11.8 Å². The molecule has 80 valence electrons. The zero-order valence-electron chi connectivity index (χ0n) is 9.24. The molecule has 0 aliphatic rings. The molecule has 2 aromatic rings. The molecule has 0 fully saturated rings. The van der Waals surface area contributed by atoms with Crippen molar-refractivity contribution < 1.29 is 4.74 Å². The maximum absolute atomic E-state index is 9.00. The summed E-state index contributed by atoms with van der Waals surface area (Å²) in [6, 6.07) is 9.72. The number of nitrogens with two attached hydrogens (primary N) is 1. The summed E-state index contributed by atoms with van der Waals surface area (Å²) in [7, 11) is 1.63. The molecule has 0 aliphatic carbocycles. The van der Waals surface area contributed by atoms with Crippen LogP contribution in [-0.4, -0.2) is 7.11 Å². The molecule has 0 saturated carbocycles. The molecule has 3 heteroatoms. The van der Waals surface area contributed by atoms with Crippen molar-refractivity contribution >= 4 is 16.5 Å². The number of nitriles is 1. The predicted octanol–water partition coefficient (Wildman–Crippen LogP) is 2.61. The number of fused-ring (bicyclic) bond motifs is 1. The molecule has 0 atom stereocenters. The van der Waals surface area contributed by atoms with Crippen LogP contribution in [-0.2, 0) is 0 Å². The van der Waals surface area contributed by atoms with Crippen LogP contribution in [0.25, 0.3) is 10.8 Å². The zero-order valence-corrected chi connectivity index (χ0v) is 9.24. The number of rotatable bonds is 1. The Kier molecular flexibility index (Phi) is 2.41. The topological polar surface area (TPSA) is 59.0 Å². The van der Waals surface area contributed by atoms with Gasteiger partial charge >= 0.3 is 0 Å². The van der Waals surface area contributed by atoms with Gasteiger partial charge in [0, 0.05) is 5.39 Å². The Labute approximate surface area is 94.1 Å². The fourth-order valence-electron chi connectivity index (χ4n) is 1.83. The molecule has 0 heterocycles. The van der Waals surface area contributed by atoms with E-state index in [2.05, 4.69) is 6.07 Å². The van der Waals surface area contributed by atoms with Gasteiger partial charge in [-0.2, -0.15) is 5.26 Å². The number of hydrogen-bond acceptors (Lipinski definition) is 3. The molecule has 2 rings (SSSR count). The Hall–Kier alpha value is -2.21. The van der Waals surface area contributed by atoms with Gasteiger partial charge in [-0.1, -0.05) is 0 Å². The van der Waals surface area contributed by atoms with E-state index in [4.69, 9.17) is 15.7 Å². The summed E-state index contributed by atoms with van der Waals surface area (Å²) < 4.78 is 5.15. The summed E-state index contributed by atoms with van der Waals surface area (Å²) >= 11 is 0. The van der Waals surface area contributed by atoms with Gasteiger partial charge in [-0.3, -0.25) is 0 Å². The van der Waals surface area contributed by atoms with Gasteiger partial charge in [0.25, 0.3) is 0 Å². The van der Waals surface area contributed by atoms with E-state index in [9.17, 15) is 0 Å².